The minimum Gasteiger partial charge on any atom is -0.481 e. The summed E-state index contributed by atoms with van der Waals surface area (Å²) in [7, 11) is -3.39. The largest absolute Gasteiger partial charge is 0.481 e. The number of carbonyl (C=O) groups excluding carboxylic acids is 1. The smallest absolute Gasteiger partial charge is 0.244 e. The normalized spacial score (nSPS) is 16.4. The fourth-order valence-corrected chi connectivity index (χ4v) is 3.10. The molecule has 1 aliphatic heterocycles. The van der Waals surface area contributed by atoms with Crippen molar-refractivity contribution in [2.75, 3.05) is 6.26 Å². The maximum absolute atomic E-state index is 13.3. The molecule has 2 aromatic rings. The number of halogens is 1. The van der Waals surface area contributed by atoms with Gasteiger partial charge in [0.05, 0.1) is 4.90 Å². The van der Waals surface area contributed by atoms with Crippen LogP contribution in [-0.2, 0) is 30.7 Å². The summed E-state index contributed by atoms with van der Waals surface area (Å²) in [5.74, 6) is -0.675. The van der Waals surface area contributed by atoms with Gasteiger partial charge in [0.25, 0.3) is 0 Å². The average molecular weight is 391 g/mol. The van der Waals surface area contributed by atoms with Crippen LogP contribution in [0, 0.1) is 5.82 Å². The van der Waals surface area contributed by atoms with Crippen molar-refractivity contribution in [2.45, 2.75) is 31.0 Å². The molecule has 0 spiro atoms. The summed E-state index contributed by atoms with van der Waals surface area (Å²) in [4.78, 5) is 16.8. The molecule has 0 amide bonds. The van der Waals surface area contributed by atoms with Crippen molar-refractivity contribution in [3.8, 4) is 0 Å². The zero-order valence-corrected chi connectivity index (χ0v) is 15.8. The summed E-state index contributed by atoms with van der Waals surface area (Å²) in [6.45, 7) is 3.17. The van der Waals surface area contributed by atoms with E-state index in [0.717, 1.165) is 6.26 Å². The zero-order chi connectivity index (χ0) is 19.8. The number of ether oxygens (including phenoxy) is 2. The molecule has 1 aliphatic rings. The zero-order valence-electron chi connectivity index (χ0n) is 15.0. The number of sulfone groups is 1. The van der Waals surface area contributed by atoms with Gasteiger partial charge in [-0.15, -0.1) is 0 Å². The third-order valence-corrected chi connectivity index (χ3v) is 5.08. The van der Waals surface area contributed by atoms with E-state index in [0.29, 0.717) is 5.56 Å². The van der Waals surface area contributed by atoms with Crippen molar-refractivity contribution in [3.63, 3.8) is 0 Å². The SMILES string of the molecule is CC1(C)OC(c2ccc(S(C)(=O)=O)cn2)=C(OCc2cccc(F)c2)C1=O. The fraction of sp³-hybridized carbons (Fsp3) is 0.263. The maximum atomic E-state index is 13.3. The van der Waals surface area contributed by atoms with Gasteiger partial charge in [0.1, 0.15) is 18.1 Å². The molecule has 0 fully saturated rings. The molecule has 0 aliphatic carbocycles. The van der Waals surface area contributed by atoms with E-state index >= 15 is 0 Å². The minimum absolute atomic E-state index is 0.0242. The number of nitrogens with zero attached hydrogens (tertiary/aromatic N) is 1. The molecule has 0 saturated heterocycles. The Balaban J connectivity index is 1.94. The van der Waals surface area contributed by atoms with Gasteiger partial charge < -0.3 is 9.47 Å². The van der Waals surface area contributed by atoms with Crippen molar-refractivity contribution in [2.24, 2.45) is 0 Å². The van der Waals surface area contributed by atoms with Crippen LogP contribution in [0.5, 0.6) is 0 Å². The number of hydrogen-bond acceptors (Lipinski definition) is 6. The van der Waals surface area contributed by atoms with E-state index in [4.69, 9.17) is 9.47 Å². The Labute approximate surface area is 156 Å². The molecule has 1 aromatic heterocycles. The molecule has 0 N–H and O–H groups in total. The molecule has 3 rings (SSSR count). The van der Waals surface area contributed by atoms with E-state index in [9.17, 15) is 17.6 Å². The molecular formula is C19H18FNO5S. The third-order valence-electron chi connectivity index (χ3n) is 3.99. The van der Waals surface area contributed by atoms with Gasteiger partial charge in [0.15, 0.2) is 21.2 Å². The van der Waals surface area contributed by atoms with Gasteiger partial charge in [-0.05, 0) is 43.7 Å². The van der Waals surface area contributed by atoms with E-state index in [1.165, 1.54) is 30.5 Å². The summed E-state index contributed by atoms with van der Waals surface area (Å²) in [6.07, 6.45) is 2.27. The second kappa shape index (κ2) is 6.77. The molecule has 1 aromatic carbocycles. The highest BCUT2D eigenvalue weighted by molar-refractivity contribution is 7.90. The average Bonchev–Trinajstić information content (AvgIpc) is 2.82. The first-order chi connectivity index (χ1) is 12.6. The number of rotatable bonds is 5. The van der Waals surface area contributed by atoms with E-state index < -0.39 is 21.3 Å². The van der Waals surface area contributed by atoms with E-state index in [2.05, 4.69) is 4.98 Å². The van der Waals surface area contributed by atoms with Crippen LogP contribution in [0.2, 0.25) is 0 Å². The highest BCUT2D eigenvalue weighted by Crippen LogP contribution is 2.36. The van der Waals surface area contributed by atoms with Crippen LogP contribution in [0.25, 0.3) is 5.76 Å². The highest BCUT2D eigenvalue weighted by Gasteiger charge is 2.44. The Bertz CT molecular complexity index is 1030. The number of hydrogen-bond donors (Lipinski definition) is 0. The van der Waals surface area contributed by atoms with Crippen LogP contribution < -0.4 is 0 Å². The number of ketones is 1. The number of carbonyl (C=O) groups is 1. The molecule has 0 radical (unpaired) electrons. The Kier molecular flexibility index (Phi) is 4.77. The molecule has 27 heavy (non-hydrogen) atoms. The van der Waals surface area contributed by atoms with Crippen molar-refractivity contribution in [1.82, 2.24) is 4.98 Å². The molecule has 142 valence electrons. The van der Waals surface area contributed by atoms with Crippen molar-refractivity contribution >= 4 is 21.4 Å². The molecule has 2 heterocycles. The van der Waals surface area contributed by atoms with Gasteiger partial charge in [0.2, 0.25) is 11.5 Å². The molecule has 0 bridgehead atoms. The lowest BCUT2D eigenvalue weighted by atomic mass is 10.0. The topological polar surface area (TPSA) is 82.6 Å². The molecule has 0 saturated carbocycles. The lowest BCUT2D eigenvalue weighted by Gasteiger charge is -2.16. The van der Waals surface area contributed by atoms with Crippen LogP contribution in [-0.4, -0.2) is 31.0 Å². The second-order valence-corrected chi connectivity index (χ2v) is 8.69. The van der Waals surface area contributed by atoms with Gasteiger partial charge in [-0.2, -0.15) is 0 Å². The summed E-state index contributed by atoms with van der Waals surface area (Å²) >= 11 is 0. The lowest BCUT2D eigenvalue weighted by Crippen LogP contribution is -2.30. The van der Waals surface area contributed by atoms with Crippen molar-refractivity contribution < 1.29 is 27.1 Å². The second-order valence-electron chi connectivity index (χ2n) is 6.67. The quantitative estimate of drug-likeness (QED) is 0.779. The third kappa shape index (κ3) is 4.00. The first-order valence-corrected chi connectivity index (χ1v) is 9.99. The van der Waals surface area contributed by atoms with E-state index in [1.807, 2.05) is 0 Å². The number of Topliss-reactive ketones (excluding diaryl/α,β-unsaturated/α-hetero) is 1. The Morgan fingerprint density at radius 3 is 2.56 bits per heavy atom. The van der Waals surface area contributed by atoms with Gasteiger partial charge in [-0.1, -0.05) is 12.1 Å². The van der Waals surface area contributed by atoms with Gasteiger partial charge in [-0.25, -0.2) is 12.8 Å². The molecule has 6 nitrogen and oxygen atoms in total. The summed E-state index contributed by atoms with van der Waals surface area (Å²) in [6, 6.07) is 8.68. The van der Waals surface area contributed by atoms with Gasteiger partial charge >= 0.3 is 0 Å². The summed E-state index contributed by atoms with van der Waals surface area (Å²) in [5, 5.41) is 0. The van der Waals surface area contributed by atoms with E-state index in [-0.39, 0.29) is 34.5 Å². The van der Waals surface area contributed by atoms with Crippen LogP contribution in [0.15, 0.2) is 53.2 Å². The van der Waals surface area contributed by atoms with E-state index in [1.54, 1.807) is 26.0 Å². The van der Waals surface area contributed by atoms with Gasteiger partial charge in [0, 0.05) is 12.5 Å². The first kappa shape index (κ1) is 19.0. The monoisotopic (exact) mass is 391 g/mol. The molecule has 0 atom stereocenters. The Hall–Kier alpha value is -2.74. The number of pyridine rings is 1. The summed E-state index contributed by atoms with van der Waals surface area (Å²) < 4.78 is 47.8. The predicted octanol–water partition coefficient (Wildman–Crippen LogP) is 2.89. The first-order valence-electron chi connectivity index (χ1n) is 8.10. The molecule has 8 heteroatoms. The minimum atomic E-state index is -3.39. The number of aromatic nitrogens is 1. The number of benzene rings is 1. The predicted molar refractivity (Wildman–Crippen MR) is 95.6 cm³/mol. The Morgan fingerprint density at radius 2 is 1.96 bits per heavy atom. The standard InChI is InChI=1S/C19H18FNO5S/c1-19(2)18(22)17(25-11-12-5-4-6-13(20)9-12)16(26-19)15-8-7-14(10-21-15)27(3,23)24/h4-10H,11H2,1-3H3. The van der Waals surface area contributed by atoms with Crippen LogP contribution in [0.3, 0.4) is 0 Å². The van der Waals surface area contributed by atoms with Crippen molar-refractivity contribution in [1.29, 1.82) is 0 Å². The Morgan fingerprint density at radius 1 is 1.22 bits per heavy atom. The summed E-state index contributed by atoms with van der Waals surface area (Å²) in [5.41, 5.74) is -0.320. The van der Waals surface area contributed by atoms with Crippen LogP contribution in [0.1, 0.15) is 25.1 Å². The molecule has 0 unspecified atom stereocenters. The maximum Gasteiger partial charge on any atom is 0.244 e. The fourth-order valence-electron chi connectivity index (χ4n) is 2.54. The molecular weight excluding hydrogens is 373 g/mol. The highest BCUT2D eigenvalue weighted by atomic mass is 32.2. The van der Waals surface area contributed by atoms with Crippen LogP contribution in [0.4, 0.5) is 4.39 Å². The van der Waals surface area contributed by atoms with Crippen molar-refractivity contribution in [3.05, 3.63) is 65.4 Å². The van der Waals surface area contributed by atoms with Crippen LogP contribution >= 0.6 is 0 Å². The van der Waals surface area contributed by atoms with Gasteiger partial charge in [-0.3, -0.25) is 9.78 Å². The lowest BCUT2D eigenvalue weighted by molar-refractivity contribution is -0.129.